The molecule has 0 aromatic heterocycles. The van der Waals surface area contributed by atoms with Gasteiger partial charge in [0.05, 0.1) is 6.54 Å². The Labute approximate surface area is 157 Å². The second-order valence-corrected chi connectivity index (χ2v) is 6.43. The number of halogens is 3. The minimum Gasteiger partial charge on any atom is -0.358 e. The number of guanidine groups is 1. The van der Waals surface area contributed by atoms with Crippen LogP contribution < -0.4 is 16.0 Å². The van der Waals surface area contributed by atoms with E-state index >= 15 is 0 Å². The van der Waals surface area contributed by atoms with Crippen LogP contribution in [0.15, 0.2) is 4.99 Å². The van der Waals surface area contributed by atoms with E-state index in [4.69, 9.17) is 0 Å². The number of alkyl halides is 3. The van der Waals surface area contributed by atoms with Gasteiger partial charge in [-0.1, -0.05) is 0 Å². The van der Waals surface area contributed by atoms with Gasteiger partial charge in [0, 0.05) is 39.8 Å². The third-order valence-electron chi connectivity index (χ3n) is 4.13. The van der Waals surface area contributed by atoms with E-state index in [9.17, 15) is 22.8 Å². The highest BCUT2D eigenvalue weighted by molar-refractivity contribution is 5.85. The van der Waals surface area contributed by atoms with E-state index in [1.54, 1.807) is 7.05 Å². The minimum absolute atomic E-state index is 0.0298. The van der Waals surface area contributed by atoms with E-state index in [1.165, 1.54) is 0 Å². The summed E-state index contributed by atoms with van der Waals surface area (Å²) >= 11 is 0. The fraction of sp³-hybridized carbons (Fsp3) is 0.812. The molecule has 0 radical (unpaired) electrons. The van der Waals surface area contributed by atoms with Gasteiger partial charge in [0.2, 0.25) is 11.8 Å². The zero-order valence-electron chi connectivity index (χ0n) is 16.0. The number of likely N-dealkylation sites (N-methyl/N-ethyl adjacent to an activating group) is 2. The summed E-state index contributed by atoms with van der Waals surface area (Å²) in [6.07, 6.45) is -2.84. The fourth-order valence-corrected chi connectivity index (χ4v) is 2.66. The number of hydrogen-bond donors (Lipinski definition) is 3. The number of nitrogens with one attached hydrogen (secondary N) is 3. The molecule has 0 spiro atoms. The summed E-state index contributed by atoms with van der Waals surface area (Å²) in [5, 5.41) is 8.79. The smallest absolute Gasteiger partial charge is 0.358 e. The Morgan fingerprint density at radius 2 is 1.89 bits per heavy atom. The van der Waals surface area contributed by atoms with Crippen LogP contribution in [0.25, 0.3) is 0 Å². The first-order valence-corrected chi connectivity index (χ1v) is 8.93. The number of nitrogens with zero attached hydrogens (tertiary/aromatic N) is 3. The lowest BCUT2D eigenvalue weighted by Crippen LogP contribution is -2.50. The maximum absolute atomic E-state index is 12.3. The molecule has 0 saturated carbocycles. The van der Waals surface area contributed by atoms with Gasteiger partial charge in [-0.25, -0.2) is 4.99 Å². The summed E-state index contributed by atoms with van der Waals surface area (Å²) in [5.74, 6) is -0.335. The molecule has 11 heteroatoms. The number of aliphatic imine (C=N–C) groups is 1. The number of hydrogen-bond acceptors (Lipinski definition) is 4. The molecule has 27 heavy (non-hydrogen) atoms. The second-order valence-electron chi connectivity index (χ2n) is 6.43. The Morgan fingerprint density at radius 3 is 2.41 bits per heavy atom. The van der Waals surface area contributed by atoms with Crippen LogP contribution in [0.4, 0.5) is 13.2 Å². The Balaban J connectivity index is 2.50. The molecule has 1 aliphatic rings. The molecule has 0 atom stereocenters. The van der Waals surface area contributed by atoms with Gasteiger partial charge in [0.1, 0.15) is 13.1 Å². The maximum Gasteiger partial charge on any atom is 0.406 e. The van der Waals surface area contributed by atoms with E-state index < -0.39 is 18.6 Å². The number of rotatable bonds is 7. The van der Waals surface area contributed by atoms with Crippen molar-refractivity contribution in [3.8, 4) is 0 Å². The molecule has 156 valence electrons. The van der Waals surface area contributed by atoms with Crippen molar-refractivity contribution in [1.29, 1.82) is 0 Å². The monoisotopic (exact) mass is 394 g/mol. The van der Waals surface area contributed by atoms with Gasteiger partial charge in [0.25, 0.3) is 0 Å². The quantitative estimate of drug-likeness (QED) is 0.410. The molecule has 1 fully saturated rings. The molecule has 1 heterocycles. The molecule has 0 aliphatic carbocycles. The van der Waals surface area contributed by atoms with Crippen LogP contribution >= 0.6 is 0 Å². The SMILES string of the molecule is CCNC(=NCC(=O)N(C)CC(F)(F)F)NC1CCN(CC(=O)NC)CC1. The van der Waals surface area contributed by atoms with Gasteiger partial charge in [-0.05, 0) is 19.8 Å². The molecule has 1 saturated heterocycles. The molecule has 3 N–H and O–H groups in total. The molecular weight excluding hydrogens is 365 g/mol. The van der Waals surface area contributed by atoms with Crippen molar-refractivity contribution >= 4 is 17.8 Å². The minimum atomic E-state index is -4.43. The summed E-state index contributed by atoms with van der Waals surface area (Å²) in [5.41, 5.74) is 0. The van der Waals surface area contributed by atoms with Gasteiger partial charge in [0.15, 0.2) is 5.96 Å². The van der Waals surface area contributed by atoms with Crippen molar-refractivity contribution in [2.75, 3.05) is 53.4 Å². The lowest BCUT2D eigenvalue weighted by Gasteiger charge is -2.32. The Bertz CT molecular complexity index is 519. The number of carbonyl (C=O) groups is 2. The highest BCUT2D eigenvalue weighted by Gasteiger charge is 2.31. The predicted octanol–water partition coefficient (Wildman–Crippen LogP) is -0.227. The third-order valence-corrected chi connectivity index (χ3v) is 4.13. The van der Waals surface area contributed by atoms with Crippen LogP contribution in [0.3, 0.4) is 0 Å². The lowest BCUT2D eigenvalue weighted by molar-refractivity contribution is -0.157. The summed E-state index contributed by atoms with van der Waals surface area (Å²) in [7, 11) is 2.71. The van der Waals surface area contributed by atoms with Crippen LogP contribution in [-0.2, 0) is 9.59 Å². The first-order valence-electron chi connectivity index (χ1n) is 8.93. The Morgan fingerprint density at radius 1 is 1.26 bits per heavy atom. The van der Waals surface area contributed by atoms with E-state index in [0.29, 0.717) is 23.9 Å². The topological polar surface area (TPSA) is 89.1 Å². The van der Waals surface area contributed by atoms with Crippen molar-refractivity contribution in [1.82, 2.24) is 25.8 Å². The zero-order valence-corrected chi connectivity index (χ0v) is 16.0. The average molecular weight is 394 g/mol. The van der Waals surface area contributed by atoms with Crippen molar-refractivity contribution in [2.24, 2.45) is 4.99 Å². The second kappa shape index (κ2) is 11.0. The normalized spacial score (nSPS) is 16.7. The molecule has 0 unspecified atom stereocenters. The number of likely N-dealkylation sites (tertiary alicyclic amines) is 1. The zero-order chi connectivity index (χ0) is 20.4. The summed E-state index contributed by atoms with van der Waals surface area (Å²) in [6.45, 7) is 2.62. The number of amides is 2. The summed E-state index contributed by atoms with van der Waals surface area (Å²) in [6, 6.07) is 0.117. The summed E-state index contributed by atoms with van der Waals surface area (Å²) in [4.78, 5) is 30.0. The number of carbonyl (C=O) groups excluding carboxylic acids is 2. The van der Waals surface area contributed by atoms with Crippen molar-refractivity contribution < 1.29 is 22.8 Å². The Kier molecular flexibility index (Phi) is 9.33. The number of piperidine rings is 1. The fourth-order valence-electron chi connectivity index (χ4n) is 2.66. The highest BCUT2D eigenvalue weighted by Crippen LogP contribution is 2.15. The van der Waals surface area contributed by atoms with Crippen molar-refractivity contribution in [2.45, 2.75) is 32.0 Å². The van der Waals surface area contributed by atoms with E-state index in [2.05, 4.69) is 25.8 Å². The maximum atomic E-state index is 12.3. The van der Waals surface area contributed by atoms with Crippen LogP contribution in [-0.4, -0.2) is 93.2 Å². The van der Waals surface area contributed by atoms with Gasteiger partial charge >= 0.3 is 6.18 Å². The average Bonchev–Trinajstić information content (AvgIpc) is 2.59. The van der Waals surface area contributed by atoms with E-state index in [0.717, 1.165) is 33.0 Å². The van der Waals surface area contributed by atoms with Crippen LogP contribution in [0.2, 0.25) is 0 Å². The van der Waals surface area contributed by atoms with Crippen LogP contribution in [0.5, 0.6) is 0 Å². The standard InChI is InChI=1S/C16H29F3N6O2/c1-4-21-15(22-9-14(27)24(3)11-16(17,18)19)23-12-5-7-25(8-6-12)10-13(26)20-2/h12H,4-11H2,1-3H3,(H,20,26)(H2,21,22,23). The molecule has 8 nitrogen and oxygen atoms in total. The molecule has 0 bridgehead atoms. The largest absolute Gasteiger partial charge is 0.406 e. The lowest BCUT2D eigenvalue weighted by atomic mass is 10.1. The highest BCUT2D eigenvalue weighted by atomic mass is 19.4. The van der Waals surface area contributed by atoms with Gasteiger partial charge in [-0.15, -0.1) is 0 Å². The van der Waals surface area contributed by atoms with Gasteiger partial charge in [-0.2, -0.15) is 13.2 Å². The van der Waals surface area contributed by atoms with E-state index in [1.807, 2.05) is 6.92 Å². The van der Waals surface area contributed by atoms with Crippen LogP contribution in [0.1, 0.15) is 19.8 Å². The molecule has 0 aromatic rings. The third kappa shape index (κ3) is 9.45. The molecule has 2 amide bonds. The predicted molar refractivity (Wildman–Crippen MR) is 96.3 cm³/mol. The Hall–Kier alpha value is -2.04. The van der Waals surface area contributed by atoms with Crippen molar-refractivity contribution in [3.63, 3.8) is 0 Å². The molecule has 0 aromatic carbocycles. The molecule has 1 rings (SSSR count). The van der Waals surface area contributed by atoms with Crippen LogP contribution in [0, 0.1) is 0 Å². The van der Waals surface area contributed by atoms with Crippen molar-refractivity contribution in [3.05, 3.63) is 0 Å². The van der Waals surface area contributed by atoms with Gasteiger partial charge < -0.3 is 20.9 Å². The van der Waals surface area contributed by atoms with E-state index in [-0.39, 0.29) is 18.5 Å². The molecule has 1 aliphatic heterocycles. The first-order chi connectivity index (χ1) is 12.6. The molecular formula is C16H29F3N6O2. The summed E-state index contributed by atoms with van der Waals surface area (Å²) < 4.78 is 37.0. The van der Waals surface area contributed by atoms with Gasteiger partial charge in [-0.3, -0.25) is 14.5 Å². The first kappa shape index (κ1) is 23.0.